The van der Waals surface area contributed by atoms with E-state index < -0.39 is 14.9 Å². The number of sulfonamides is 1. The third-order valence-electron chi connectivity index (χ3n) is 3.68. The molecule has 8 heteroatoms. The molecule has 0 spiro atoms. The van der Waals surface area contributed by atoms with Crippen LogP contribution in [0.3, 0.4) is 0 Å². The molecule has 2 aromatic rings. The lowest BCUT2D eigenvalue weighted by Gasteiger charge is -2.06. The summed E-state index contributed by atoms with van der Waals surface area (Å²) < 4.78 is 26.3. The molecule has 2 aromatic carbocycles. The Balaban J connectivity index is 1.73. The van der Waals surface area contributed by atoms with Crippen molar-refractivity contribution < 1.29 is 13.3 Å². The van der Waals surface area contributed by atoms with Gasteiger partial charge in [-0.25, -0.2) is 8.42 Å². The van der Waals surface area contributed by atoms with Gasteiger partial charge in [-0.2, -0.15) is 4.31 Å². The van der Waals surface area contributed by atoms with E-state index in [1.165, 1.54) is 28.6 Å². The highest BCUT2D eigenvalue weighted by molar-refractivity contribution is 7.89. The Hall–Kier alpha value is -1.96. The quantitative estimate of drug-likeness (QED) is 0.471. The molecule has 0 aromatic heterocycles. The highest BCUT2D eigenvalue weighted by Gasteiger charge is 2.44. The molecule has 1 aliphatic heterocycles. The second kappa shape index (κ2) is 5.92. The molecule has 1 saturated heterocycles. The molecule has 2 atom stereocenters. The molecule has 0 bridgehead atoms. The molecule has 3 rings (SSSR count). The second-order valence-electron chi connectivity index (χ2n) is 5.31. The fraction of sp³-hybridized carbons (Fsp3) is 0.200. The zero-order chi connectivity index (χ0) is 16.6. The van der Waals surface area contributed by atoms with E-state index in [0.717, 1.165) is 5.56 Å². The zero-order valence-corrected chi connectivity index (χ0v) is 13.5. The van der Waals surface area contributed by atoms with Crippen LogP contribution in [0.4, 0.5) is 5.69 Å². The summed E-state index contributed by atoms with van der Waals surface area (Å²) in [5.74, 6) is 0. The standard InChI is InChI=1S/C15H13ClN2O4S/c16-12-3-1-2-11(8-12)9-14-10-17(14)23(21,22)15-6-4-13(5-7-15)18(19)20/h1-8,14H,9-10H2. The normalized spacial score (nSPS) is 20.2. The van der Waals surface area contributed by atoms with Crippen LogP contribution in [0.1, 0.15) is 5.56 Å². The first kappa shape index (κ1) is 15.9. The average Bonchev–Trinajstić information content (AvgIpc) is 3.27. The van der Waals surface area contributed by atoms with Gasteiger partial charge in [0.25, 0.3) is 5.69 Å². The Morgan fingerprint density at radius 1 is 1.22 bits per heavy atom. The van der Waals surface area contributed by atoms with Gasteiger partial charge in [-0.1, -0.05) is 23.7 Å². The first-order valence-corrected chi connectivity index (χ1v) is 8.70. The fourth-order valence-corrected chi connectivity index (χ4v) is 4.23. The van der Waals surface area contributed by atoms with E-state index in [1.54, 1.807) is 6.07 Å². The average molecular weight is 353 g/mol. The third-order valence-corrected chi connectivity index (χ3v) is 5.85. The molecule has 2 unspecified atom stereocenters. The van der Waals surface area contributed by atoms with E-state index in [1.807, 2.05) is 18.2 Å². The topological polar surface area (TPSA) is 80.3 Å². The monoisotopic (exact) mass is 352 g/mol. The van der Waals surface area contributed by atoms with Crippen LogP contribution >= 0.6 is 11.6 Å². The number of halogens is 1. The van der Waals surface area contributed by atoms with Crippen molar-refractivity contribution in [3.63, 3.8) is 0 Å². The molecular formula is C15H13ClN2O4S. The zero-order valence-electron chi connectivity index (χ0n) is 11.9. The van der Waals surface area contributed by atoms with E-state index in [4.69, 9.17) is 11.6 Å². The molecule has 0 radical (unpaired) electrons. The van der Waals surface area contributed by atoms with Gasteiger partial charge in [0, 0.05) is 29.7 Å². The van der Waals surface area contributed by atoms with Crippen LogP contribution in [0.5, 0.6) is 0 Å². The molecule has 23 heavy (non-hydrogen) atoms. The number of nitro groups is 1. The molecule has 1 heterocycles. The van der Waals surface area contributed by atoms with E-state index in [9.17, 15) is 18.5 Å². The van der Waals surface area contributed by atoms with Crippen molar-refractivity contribution in [1.82, 2.24) is 4.31 Å². The Labute approximate surface area is 138 Å². The van der Waals surface area contributed by atoms with Crippen LogP contribution in [-0.4, -0.2) is 30.2 Å². The molecule has 1 aliphatic rings. The summed E-state index contributed by atoms with van der Waals surface area (Å²) in [6.45, 7) is 0.436. The number of non-ortho nitro benzene ring substituents is 1. The Morgan fingerprint density at radius 3 is 2.52 bits per heavy atom. The smallest absolute Gasteiger partial charge is 0.258 e. The SMILES string of the molecule is O=[N+]([O-])c1ccc(S(=O)(=O)N2CC2Cc2cccc(Cl)c2)cc1. The predicted molar refractivity (Wildman–Crippen MR) is 85.9 cm³/mol. The first-order valence-electron chi connectivity index (χ1n) is 6.88. The molecule has 0 saturated carbocycles. The summed E-state index contributed by atoms with van der Waals surface area (Å²) in [6.07, 6.45) is 0.590. The van der Waals surface area contributed by atoms with Crippen molar-refractivity contribution in [3.8, 4) is 0 Å². The minimum atomic E-state index is -3.61. The summed E-state index contributed by atoms with van der Waals surface area (Å²) >= 11 is 5.92. The lowest BCUT2D eigenvalue weighted by molar-refractivity contribution is -0.384. The minimum Gasteiger partial charge on any atom is -0.258 e. The van der Waals surface area contributed by atoms with Gasteiger partial charge in [0.2, 0.25) is 10.0 Å². The Bertz CT molecular complexity index is 852. The first-order chi connectivity index (χ1) is 10.9. The summed E-state index contributed by atoms with van der Waals surface area (Å²) in [4.78, 5) is 10.1. The van der Waals surface area contributed by atoms with Gasteiger partial charge in [-0.05, 0) is 36.2 Å². The van der Waals surface area contributed by atoms with E-state index >= 15 is 0 Å². The maximum Gasteiger partial charge on any atom is 0.269 e. The molecular weight excluding hydrogens is 340 g/mol. The lowest BCUT2D eigenvalue weighted by atomic mass is 10.1. The fourth-order valence-electron chi connectivity index (χ4n) is 2.43. The predicted octanol–water partition coefficient (Wildman–Crippen LogP) is 2.86. The largest absolute Gasteiger partial charge is 0.269 e. The second-order valence-corrected chi connectivity index (χ2v) is 7.64. The van der Waals surface area contributed by atoms with Gasteiger partial charge in [-0.15, -0.1) is 0 Å². The number of rotatable bonds is 5. The van der Waals surface area contributed by atoms with Gasteiger partial charge in [0.15, 0.2) is 0 Å². The summed E-state index contributed by atoms with van der Waals surface area (Å²) in [7, 11) is -3.61. The summed E-state index contributed by atoms with van der Waals surface area (Å²) in [5.41, 5.74) is 0.842. The van der Waals surface area contributed by atoms with Crippen molar-refractivity contribution in [2.45, 2.75) is 17.4 Å². The van der Waals surface area contributed by atoms with Gasteiger partial charge in [0.05, 0.1) is 9.82 Å². The van der Waals surface area contributed by atoms with Crippen molar-refractivity contribution in [2.75, 3.05) is 6.54 Å². The molecule has 1 fully saturated rings. The molecule has 120 valence electrons. The van der Waals surface area contributed by atoms with Crippen molar-refractivity contribution >= 4 is 27.3 Å². The molecule has 6 nitrogen and oxygen atoms in total. The van der Waals surface area contributed by atoms with Crippen LogP contribution < -0.4 is 0 Å². The maximum atomic E-state index is 12.5. The van der Waals surface area contributed by atoms with Gasteiger partial charge in [0.1, 0.15) is 0 Å². The van der Waals surface area contributed by atoms with Crippen molar-refractivity contribution in [1.29, 1.82) is 0 Å². The lowest BCUT2D eigenvalue weighted by Crippen LogP contribution is -2.15. The van der Waals surface area contributed by atoms with Crippen molar-refractivity contribution in [2.24, 2.45) is 0 Å². The number of hydrogen-bond acceptors (Lipinski definition) is 4. The third kappa shape index (κ3) is 3.36. The Kier molecular flexibility index (Phi) is 4.09. The summed E-state index contributed by atoms with van der Waals surface area (Å²) in [5, 5.41) is 11.2. The molecule has 0 N–H and O–H groups in total. The summed E-state index contributed by atoms with van der Waals surface area (Å²) in [6, 6.07) is 12.1. The van der Waals surface area contributed by atoms with E-state index in [-0.39, 0.29) is 16.6 Å². The molecule has 0 amide bonds. The minimum absolute atomic E-state index is 0.0664. The van der Waals surface area contributed by atoms with Crippen LogP contribution in [0.25, 0.3) is 0 Å². The molecule has 0 aliphatic carbocycles. The van der Waals surface area contributed by atoms with Crippen LogP contribution in [0.15, 0.2) is 53.4 Å². The van der Waals surface area contributed by atoms with E-state index in [2.05, 4.69) is 0 Å². The van der Waals surface area contributed by atoms with E-state index in [0.29, 0.717) is 18.0 Å². The number of benzene rings is 2. The highest BCUT2D eigenvalue weighted by atomic mass is 35.5. The van der Waals surface area contributed by atoms with Gasteiger partial charge >= 0.3 is 0 Å². The van der Waals surface area contributed by atoms with Gasteiger partial charge in [-0.3, -0.25) is 10.1 Å². The Morgan fingerprint density at radius 2 is 1.91 bits per heavy atom. The maximum absolute atomic E-state index is 12.5. The van der Waals surface area contributed by atoms with Crippen LogP contribution in [0.2, 0.25) is 5.02 Å². The van der Waals surface area contributed by atoms with Crippen LogP contribution in [-0.2, 0) is 16.4 Å². The van der Waals surface area contributed by atoms with Crippen LogP contribution in [0, 0.1) is 10.1 Å². The van der Waals surface area contributed by atoms with Gasteiger partial charge < -0.3 is 0 Å². The highest BCUT2D eigenvalue weighted by Crippen LogP contribution is 2.31. The van der Waals surface area contributed by atoms with Crippen molar-refractivity contribution in [3.05, 3.63) is 69.2 Å². The number of hydrogen-bond donors (Lipinski definition) is 0. The number of nitrogens with zero attached hydrogens (tertiary/aromatic N) is 2. The number of nitro benzene ring substituents is 1.